The van der Waals surface area contributed by atoms with Crippen LogP contribution < -0.4 is 4.72 Å². The maximum atomic E-state index is 12.3. The fourth-order valence-electron chi connectivity index (χ4n) is 2.63. The van der Waals surface area contributed by atoms with Crippen LogP contribution in [-0.4, -0.2) is 54.8 Å². The predicted molar refractivity (Wildman–Crippen MR) is 103 cm³/mol. The molecule has 26 heavy (non-hydrogen) atoms. The molecule has 1 amide bonds. The Morgan fingerprint density at radius 2 is 1.88 bits per heavy atom. The highest BCUT2D eigenvalue weighted by Gasteiger charge is 2.31. The third-order valence-electron chi connectivity index (χ3n) is 4.19. The summed E-state index contributed by atoms with van der Waals surface area (Å²) in [5.41, 5.74) is -0.230. The molecule has 0 bridgehead atoms. The molecular formula is C18H25ClN2O4S. The number of carbonyl (C=O) groups excluding carboxylic acids is 1. The number of nitrogens with zero attached hydrogens (tertiary/aromatic N) is 1. The molecule has 0 saturated carbocycles. The first-order chi connectivity index (χ1) is 12.1. The Balaban J connectivity index is 1.87. The highest BCUT2D eigenvalue weighted by molar-refractivity contribution is 7.90. The first-order valence-corrected chi connectivity index (χ1v) is 10.4. The molecule has 0 aliphatic carbocycles. The average Bonchev–Trinajstić information content (AvgIpc) is 2.59. The Labute approximate surface area is 159 Å². The van der Waals surface area contributed by atoms with E-state index in [1.165, 1.54) is 6.08 Å². The molecule has 1 aromatic rings. The van der Waals surface area contributed by atoms with Gasteiger partial charge in [-0.1, -0.05) is 23.7 Å². The van der Waals surface area contributed by atoms with E-state index < -0.39 is 20.9 Å². The summed E-state index contributed by atoms with van der Waals surface area (Å²) in [5, 5.41) is 9.75. The fraction of sp³-hybridized carbons (Fsp3) is 0.500. The summed E-state index contributed by atoms with van der Waals surface area (Å²) in [7, 11) is -3.50. The molecule has 0 aromatic heterocycles. The second-order valence-electron chi connectivity index (χ2n) is 7.09. The monoisotopic (exact) mass is 400 g/mol. The van der Waals surface area contributed by atoms with Gasteiger partial charge in [-0.2, -0.15) is 0 Å². The minimum absolute atomic E-state index is 0.0295. The molecule has 144 valence electrons. The molecule has 0 spiro atoms. The van der Waals surface area contributed by atoms with Crippen molar-refractivity contribution in [2.75, 3.05) is 19.6 Å². The average molecular weight is 401 g/mol. The number of piperidine rings is 1. The van der Waals surface area contributed by atoms with Gasteiger partial charge in [0.25, 0.3) is 0 Å². The molecule has 1 aromatic carbocycles. The summed E-state index contributed by atoms with van der Waals surface area (Å²) in [4.78, 5) is 13.9. The quantitative estimate of drug-likeness (QED) is 0.715. The number of rotatable bonds is 6. The SMILES string of the molecule is CC(C)(O)CNS(=O)(=O)C1CCN(C(=O)/C=C/c2ccc(Cl)cc2)CC1. The second-order valence-corrected chi connectivity index (χ2v) is 9.57. The first kappa shape index (κ1) is 20.9. The van der Waals surface area contributed by atoms with E-state index >= 15 is 0 Å². The largest absolute Gasteiger partial charge is 0.389 e. The highest BCUT2D eigenvalue weighted by atomic mass is 35.5. The van der Waals surface area contributed by atoms with Crippen LogP contribution in [0.1, 0.15) is 32.3 Å². The van der Waals surface area contributed by atoms with Crippen LogP contribution in [0.25, 0.3) is 6.08 Å². The van der Waals surface area contributed by atoms with Gasteiger partial charge in [0, 0.05) is 30.7 Å². The molecular weight excluding hydrogens is 376 g/mol. The van der Waals surface area contributed by atoms with Crippen molar-refractivity contribution in [3.8, 4) is 0 Å². The van der Waals surface area contributed by atoms with Crippen molar-refractivity contribution in [1.82, 2.24) is 9.62 Å². The van der Waals surface area contributed by atoms with Gasteiger partial charge in [0.05, 0.1) is 10.9 Å². The van der Waals surface area contributed by atoms with E-state index in [9.17, 15) is 18.3 Å². The first-order valence-electron chi connectivity index (χ1n) is 8.50. The van der Waals surface area contributed by atoms with Gasteiger partial charge in [-0.3, -0.25) is 4.79 Å². The number of likely N-dealkylation sites (tertiary alicyclic amines) is 1. The minimum Gasteiger partial charge on any atom is -0.389 e. The number of benzene rings is 1. The molecule has 0 radical (unpaired) electrons. The van der Waals surface area contributed by atoms with Crippen molar-refractivity contribution in [2.24, 2.45) is 0 Å². The van der Waals surface area contributed by atoms with Crippen molar-refractivity contribution in [2.45, 2.75) is 37.5 Å². The summed E-state index contributed by atoms with van der Waals surface area (Å²) in [6.45, 7) is 3.84. The Bertz CT molecular complexity index is 746. The third kappa shape index (κ3) is 6.39. The normalized spacial score (nSPS) is 17.0. The molecule has 0 atom stereocenters. The van der Waals surface area contributed by atoms with Crippen molar-refractivity contribution >= 4 is 33.6 Å². The van der Waals surface area contributed by atoms with Gasteiger partial charge in [-0.05, 0) is 50.5 Å². The third-order valence-corrected chi connectivity index (χ3v) is 6.33. The molecule has 0 unspecified atom stereocenters. The van der Waals surface area contributed by atoms with E-state index in [0.717, 1.165) is 5.56 Å². The molecule has 1 saturated heterocycles. The summed E-state index contributed by atoms with van der Waals surface area (Å²) in [6, 6.07) is 7.14. The molecule has 2 N–H and O–H groups in total. The lowest BCUT2D eigenvalue weighted by molar-refractivity contribution is -0.126. The number of nitrogens with one attached hydrogen (secondary N) is 1. The van der Waals surface area contributed by atoms with Crippen LogP contribution in [0, 0.1) is 0 Å². The van der Waals surface area contributed by atoms with Crippen molar-refractivity contribution in [3.63, 3.8) is 0 Å². The number of aliphatic hydroxyl groups is 1. The summed E-state index contributed by atoms with van der Waals surface area (Å²) in [5.74, 6) is -0.139. The van der Waals surface area contributed by atoms with Crippen molar-refractivity contribution < 1.29 is 18.3 Å². The topological polar surface area (TPSA) is 86.7 Å². The maximum Gasteiger partial charge on any atom is 0.246 e. The van der Waals surface area contributed by atoms with Crippen LogP contribution in [0.15, 0.2) is 30.3 Å². The van der Waals surface area contributed by atoms with E-state index in [4.69, 9.17) is 11.6 Å². The van der Waals surface area contributed by atoms with Gasteiger partial charge in [-0.15, -0.1) is 0 Å². The zero-order chi connectivity index (χ0) is 19.4. The number of hydrogen-bond acceptors (Lipinski definition) is 4. The zero-order valence-corrected chi connectivity index (χ0v) is 16.6. The number of halogens is 1. The molecule has 1 fully saturated rings. The van der Waals surface area contributed by atoms with Gasteiger partial charge >= 0.3 is 0 Å². The maximum absolute atomic E-state index is 12.3. The summed E-state index contributed by atoms with van der Waals surface area (Å²) >= 11 is 5.83. The van der Waals surface area contributed by atoms with Crippen LogP contribution >= 0.6 is 11.6 Å². The van der Waals surface area contributed by atoms with Crippen LogP contribution in [0.2, 0.25) is 5.02 Å². The Kier molecular flexibility index (Phi) is 6.85. The summed E-state index contributed by atoms with van der Waals surface area (Å²) < 4.78 is 27.1. The van der Waals surface area contributed by atoms with Crippen LogP contribution in [0.5, 0.6) is 0 Å². The van der Waals surface area contributed by atoms with Crippen LogP contribution in [-0.2, 0) is 14.8 Å². The van der Waals surface area contributed by atoms with Crippen LogP contribution in [0.4, 0.5) is 0 Å². The standard InChI is InChI=1S/C18H25ClN2O4S/c1-18(2,23)13-20-26(24,25)16-9-11-21(12-10-16)17(22)8-5-14-3-6-15(19)7-4-14/h3-8,16,20,23H,9-13H2,1-2H3/b8-5+. The lowest BCUT2D eigenvalue weighted by Gasteiger charge is -2.31. The molecule has 8 heteroatoms. The summed E-state index contributed by atoms with van der Waals surface area (Å²) in [6.07, 6.45) is 3.96. The molecule has 6 nitrogen and oxygen atoms in total. The lowest BCUT2D eigenvalue weighted by atomic mass is 10.1. The molecule has 1 aliphatic rings. The van der Waals surface area contributed by atoms with Gasteiger partial charge in [0.1, 0.15) is 0 Å². The smallest absolute Gasteiger partial charge is 0.246 e. The van der Waals surface area contributed by atoms with Gasteiger partial charge in [-0.25, -0.2) is 13.1 Å². The van der Waals surface area contributed by atoms with Gasteiger partial charge < -0.3 is 10.0 Å². The highest BCUT2D eigenvalue weighted by Crippen LogP contribution is 2.18. The van der Waals surface area contributed by atoms with Crippen molar-refractivity contribution in [3.05, 3.63) is 40.9 Å². The van der Waals surface area contributed by atoms with E-state index in [1.807, 2.05) is 12.1 Å². The molecule has 1 aliphatic heterocycles. The Morgan fingerprint density at radius 3 is 2.42 bits per heavy atom. The Hall–Kier alpha value is -1.41. The van der Waals surface area contributed by atoms with E-state index in [1.54, 1.807) is 37.0 Å². The van der Waals surface area contributed by atoms with E-state index in [-0.39, 0.29) is 12.5 Å². The molecule has 2 rings (SSSR count). The number of amides is 1. The van der Waals surface area contributed by atoms with Gasteiger partial charge in [0.15, 0.2) is 0 Å². The number of hydrogen-bond donors (Lipinski definition) is 2. The van der Waals surface area contributed by atoms with E-state index in [2.05, 4.69) is 4.72 Å². The second kappa shape index (κ2) is 8.52. The van der Waals surface area contributed by atoms with E-state index in [0.29, 0.717) is 31.0 Å². The molecule has 1 heterocycles. The fourth-order valence-corrected chi connectivity index (χ4v) is 4.38. The Morgan fingerprint density at radius 1 is 1.31 bits per heavy atom. The van der Waals surface area contributed by atoms with Crippen LogP contribution in [0.3, 0.4) is 0 Å². The van der Waals surface area contributed by atoms with Crippen molar-refractivity contribution in [1.29, 1.82) is 0 Å². The lowest BCUT2D eigenvalue weighted by Crippen LogP contribution is -2.47. The predicted octanol–water partition coefficient (Wildman–Crippen LogP) is 2.03. The minimum atomic E-state index is -3.50. The van der Waals surface area contributed by atoms with Gasteiger partial charge in [0.2, 0.25) is 15.9 Å². The number of carbonyl (C=O) groups is 1. The zero-order valence-electron chi connectivity index (χ0n) is 15.0. The number of sulfonamides is 1.